The first-order valence-electron chi connectivity index (χ1n) is 14.4. The normalized spacial score (nSPS) is 54.1. The van der Waals surface area contributed by atoms with E-state index >= 15 is 0 Å². The molecule has 0 N–H and O–H groups in total. The average molecular weight is 473 g/mol. The van der Waals surface area contributed by atoms with Gasteiger partial charge < -0.3 is 9.47 Å². The second-order valence-electron chi connectivity index (χ2n) is 15.4. The molecule has 3 nitrogen and oxygen atoms in total. The lowest BCUT2D eigenvalue weighted by Gasteiger charge is -2.69. The number of hydrogen-bond acceptors (Lipinski definition) is 3. The van der Waals surface area contributed by atoms with E-state index in [4.69, 9.17) is 9.47 Å². The number of methoxy groups -OCH3 is 1. The Hall–Kier alpha value is -0.410. The van der Waals surface area contributed by atoms with Crippen molar-refractivity contribution in [2.45, 2.75) is 131 Å². The van der Waals surface area contributed by atoms with Crippen molar-refractivity contribution < 1.29 is 14.3 Å². The van der Waals surface area contributed by atoms with Crippen molar-refractivity contribution >= 4 is 5.78 Å². The number of Topliss-reactive ketones (excluding diaryl/α,β-unsaturated/α-hetero) is 1. The van der Waals surface area contributed by atoms with Gasteiger partial charge in [-0.3, -0.25) is 4.79 Å². The van der Waals surface area contributed by atoms with Gasteiger partial charge in [0.1, 0.15) is 5.78 Å². The van der Waals surface area contributed by atoms with Gasteiger partial charge in [0.25, 0.3) is 0 Å². The lowest BCUT2D eigenvalue weighted by Crippen LogP contribution is -2.64. The number of ether oxygens (including phenoxy) is 2. The van der Waals surface area contributed by atoms with Crippen molar-refractivity contribution in [1.29, 1.82) is 0 Å². The molecule has 3 heteroatoms. The molecule has 0 amide bonds. The van der Waals surface area contributed by atoms with Crippen LogP contribution in [0.2, 0.25) is 0 Å². The molecule has 1 heterocycles. The van der Waals surface area contributed by atoms with E-state index in [-0.39, 0.29) is 22.7 Å². The van der Waals surface area contributed by atoms with Crippen LogP contribution in [0.1, 0.15) is 120 Å². The monoisotopic (exact) mass is 472 g/mol. The molecule has 194 valence electrons. The van der Waals surface area contributed by atoms with Gasteiger partial charge in [-0.1, -0.05) is 48.5 Å². The molecule has 0 bridgehead atoms. The summed E-state index contributed by atoms with van der Waals surface area (Å²) in [6, 6.07) is 0. The molecule has 0 aromatic heterocycles. The largest absolute Gasteiger partial charge is 0.355 e. The Labute approximate surface area is 209 Å². The highest BCUT2D eigenvalue weighted by molar-refractivity contribution is 5.85. The van der Waals surface area contributed by atoms with Gasteiger partial charge in [-0.25, -0.2) is 0 Å². The van der Waals surface area contributed by atoms with Gasteiger partial charge in [-0.15, -0.1) is 0 Å². The zero-order valence-corrected chi connectivity index (χ0v) is 23.7. The van der Waals surface area contributed by atoms with Gasteiger partial charge in [0.2, 0.25) is 0 Å². The fraction of sp³-hybridized carbons (Fsp3) is 0.968. The predicted molar refractivity (Wildman–Crippen MR) is 137 cm³/mol. The van der Waals surface area contributed by atoms with Crippen LogP contribution in [0, 0.1) is 50.7 Å². The van der Waals surface area contributed by atoms with E-state index in [0.717, 1.165) is 31.1 Å². The van der Waals surface area contributed by atoms with Gasteiger partial charge in [0, 0.05) is 24.4 Å². The minimum Gasteiger partial charge on any atom is -0.355 e. The van der Waals surface area contributed by atoms with E-state index in [9.17, 15) is 4.79 Å². The molecule has 9 atom stereocenters. The standard InChI is InChI=1S/C31H52O3/c1-26(2)18-19-31(8,34-25(26)33-9)21-12-16-29(6)20(21)10-11-23-28(5)15-14-24(32)27(3,4)22(28)13-17-30(23,29)7/h20-23,25H,10-19H2,1-9H3/t20?,21-,22?,23+,25?,28-,29-,30+,31-/m0/s1. The Morgan fingerprint density at radius 2 is 1.41 bits per heavy atom. The maximum atomic E-state index is 12.9. The van der Waals surface area contributed by atoms with Gasteiger partial charge in [-0.05, 0) is 105 Å². The van der Waals surface area contributed by atoms with Gasteiger partial charge >= 0.3 is 0 Å². The van der Waals surface area contributed by atoms with E-state index in [1.165, 1.54) is 44.9 Å². The molecule has 1 aliphatic heterocycles. The molecule has 0 aromatic rings. The van der Waals surface area contributed by atoms with Crippen LogP contribution in [0.25, 0.3) is 0 Å². The SMILES string of the molecule is COC1O[C@](C)([C@H]2CC[C@@]3(C)C2CC[C@@H]2[C@@]4(C)CCC(=O)C(C)(C)C4CC[C@]23C)CCC1(C)C. The lowest BCUT2D eigenvalue weighted by atomic mass is 9.35. The summed E-state index contributed by atoms with van der Waals surface area (Å²) in [6.45, 7) is 19.4. The number of carbonyl (C=O) groups excluding carboxylic acids is 1. The average Bonchev–Trinajstić information content (AvgIpc) is 3.12. The van der Waals surface area contributed by atoms with Gasteiger partial charge in [-0.2, -0.15) is 0 Å². The summed E-state index contributed by atoms with van der Waals surface area (Å²) in [6.07, 6.45) is 11.9. The first kappa shape index (κ1) is 25.2. The molecule has 0 radical (unpaired) electrons. The van der Waals surface area contributed by atoms with Crippen LogP contribution >= 0.6 is 0 Å². The quantitative estimate of drug-likeness (QED) is 0.411. The van der Waals surface area contributed by atoms with Crippen LogP contribution in [-0.4, -0.2) is 24.8 Å². The second-order valence-corrected chi connectivity index (χ2v) is 15.4. The van der Waals surface area contributed by atoms with Gasteiger partial charge in [0.05, 0.1) is 5.60 Å². The zero-order chi connectivity index (χ0) is 24.9. The van der Waals surface area contributed by atoms with Crippen LogP contribution in [0.3, 0.4) is 0 Å². The molecule has 4 aliphatic carbocycles. The van der Waals surface area contributed by atoms with Crippen LogP contribution in [0.5, 0.6) is 0 Å². The fourth-order valence-electron chi connectivity index (χ4n) is 11.1. The molecule has 5 fully saturated rings. The van der Waals surface area contributed by atoms with E-state index in [1.807, 2.05) is 7.11 Å². The highest BCUT2D eigenvalue weighted by Gasteiger charge is 2.70. The summed E-state index contributed by atoms with van der Waals surface area (Å²) in [4.78, 5) is 12.9. The molecule has 4 saturated carbocycles. The van der Waals surface area contributed by atoms with Crippen molar-refractivity contribution in [3.8, 4) is 0 Å². The Kier molecular flexibility index (Phi) is 5.61. The highest BCUT2D eigenvalue weighted by Crippen LogP contribution is 2.75. The minimum absolute atomic E-state index is 0.0812. The number of rotatable bonds is 2. The Balaban J connectivity index is 1.45. The topological polar surface area (TPSA) is 35.5 Å². The predicted octanol–water partition coefficient (Wildman–Crippen LogP) is 7.81. The number of carbonyl (C=O) groups is 1. The molecule has 34 heavy (non-hydrogen) atoms. The minimum atomic E-state index is -0.157. The third-order valence-electron chi connectivity index (χ3n) is 13.4. The molecule has 0 spiro atoms. The Morgan fingerprint density at radius 1 is 0.735 bits per heavy atom. The van der Waals surface area contributed by atoms with Crippen LogP contribution in [0.4, 0.5) is 0 Å². The molecular weight excluding hydrogens is 420 g/mol. The molecule has 0 aromatic carbocycles. The second kappa shape index (κ2) is 7.56. The zero-order valence-electron chi connectivity index (χ0n) is 23.7. The molecule has 5 aliphatic rings. The number of fused-ring (bicyclic) bond motifs is 5. The maximum Gasteiger partial charge on any atom is 0.162 e. The van der Waals surface area contributed by atoms with Crippen LogP contribution in [-0.2, 0) is 14.3 Å². The van der Waals surface area contributed by atoms with Crippen LogP contribution in [0.15, 0.2) is 0 Å². The maximum absolute atomic E-state index is 12.9. The van der Waals surface area contributed by atoms with E-state index in [1.54, 1.807) is 0 Å². The summed E-state index contributed by atoms with van der Waals surface area (Å²) in [5.74, 6) is 3.14. The van der Waals surface area contributed by atoms with E-state index < -0.39 is 0 Å². The summed E-state index contributed by atoms with van der Waals surface area (Å²) < 4.78 is 12.7. The first-order chi connectivity index (χ1) is 15.7. The third kappa shape index (κ3) is 3.10. The Bertz CT molecular complexity index is 846. The molecule has 1 saturated heterocycles. The lowest BCUT2D eigenvalue weighted by molar-refractivity contribution is -0.291. The fourth-order valence-corrected chi connectivity index (χ4v) is 11.1. The van der Waals surface area contributed by atoms with Crippen molar-refractivity contribution in [3.63, 3.8) is 0 Å². The summed E-state index contributed by atoms with van der Waals surface area (Å²) >= 11 is 0. The van der Waals surface area contributed by atoms with Crippen molar-refractivity contribution in [3.05, 3.63) is 0 Å². The van der Waals surface area contributed by atoms with Crippen molar-refractivity contribution in [2.75, 3.05) is 7.11 Å². The molecule has 3 unspecified atom stereocenters. The van der Waals surface area contributed by atoms with Crippen LogP contribution < -0.4 is 0 Å². The third-order valence-corrected chi connectivity index (χ3v) is 13.4. The highest BCUT2D eigenvalue weighted by atomic mass is 16.7. The number of hydrogen-bond donors (Lipinski definition) is 0. The Morgan fingerprint density at radius 3 is 2.09 bits per heavy atom. The smallest absolute Gasteiger partial charge is 0.162 e. The van der Waals surface area contributed by atoms with Crippen molar-refractivity contribution in [2.24, 2.45) is 50.7 Å². The summed E-state index contributed by atoms with van der Waals surface area (Å²) in [5.41, 5.74) is 0.863. The van der Waals surface area contributed by atoms with E-state index in [2.05, 4.69) is 55.4 Å². The molecular formula is C31H52O3. The first-order valence-corrected chi connectivity index (χ1v) is 14.4. The van der Waals surface area contributed by atoms with E-state index in [0.29, 0.717) is 33.9 Å². The summed E-state index contributed by atoms with van der Waals surface area (Å²) in [5, 5.41) is 0. The van der Waals surface area contributed by atoms with Gasteiger partial charge in [0.15, 0.2) is 6.29 Å². The molecule has 5 rings (SSSR count). The summed E-state index contributed by atoms with van der Waals surface area (Å²) in [7, 11) is 1.82. The van der Waals surface area contributed by atoms with Crippen molar-refractivity contribution in [1.82, 2.24) is 0 Å². The number of ketones is 1.